The lowest BCUT2D eigenvalue weighted by molar-refractivity contribution is -0.136. The number of carbonyl (C=O) groups excluding carboxylic acids is 4. The van der Waals surface area contributed by atoms with Crippen LogP contribution < -0.4 is 34.9 Å². The first-order valence-electron chi connectivity index (χ1n) is 18.6. The van der Waals surface area contributed by atoms with Gasteiger partial charge in [-0.15, -0.1) is 0 Å². The molecular formula is C41H50N4O12. The Morgan fingerprint density at radius 2 is 1.23 bits per heavy atom. The minimum Gasteiger partial charge on any atom is -0.495 e. The average Bonchev–Trinajstić information content (AvgIpc) is 3.48. The summed E-state index contributed by atoms with van der Waals surface area (Å²) >= 11 is 0. The van der Waals surface area contributed by atoms with Gasteiger partial charge in [-0.2, -0.15) is 0 Å². The van der Waals surface area contributed by atoms with E-state index in [0.29, 0.717) is 88.9 Å². The third kappa shape index (κ3) is 11.2. The van der Waals surface area contributed by atoms with Crippen molar-refractivity contribution in [3.63, 3.8) is 0 Å². The van der Waals surface area contributed by atoms with E-state index in [9.17, 15) is 19.2 Å². The summed E-state index contributed by atoms with van der Waals surface area (Å²) in [6, 6.07) is 13.5. The summed E-state index contributed by atoms with van der Waals surface area (Å²) in [6.07, 6.45) is 4.12. The van der Waals surface area contributed by atoms with Crippen molar-refractivity contribution in [3.05, 3.63) is 70.8 Å². The van der Waals surface area contributed by atoms with Crippen molar-refractivity contribution in [2.24, 2.45) is 0 Å². The Kier molecular flexibility index (Phi) is 16.1. The fourth-order valence-electron chi connectivity index (χ4n) is 6.30. The quantitative estimate of drug-likeness (QED) is 0.0676. The highest BCUT2D eigenvalue weighted by atomic mass is 16.6. The molecular weight excluding hydrogens is 740 g/mol. The first kappa shape index (κ1) is 42.5. The van der Waals surface area contributed by atoms with Crippen molar-refractivity contribution >= 4 is 47.2 Å². The molecule has 3 N–H and O–H groups in total. The summed E-state index contributed by atoms with van der Waals surface area (Å²) < 4.78 is 44.4. The first-order valence-corrected chi connectivity index (χ1v) is 18.6. The summed E-state index contributed by atoms with van der Waals surface area (Å²) in [6.45, 7) is 4.19. The average molecular weight is 791 g/mol. The molecule has 57 heavy (non-hydrogen) atoms. The van der Waals surface area contributed by atoms with Crippen LogP contribution in [-0.4, -0.2) is 129 Å². The van der Waals surface area contributed by atoms with E-state index in [4.69, 9.17) is 37.9 Å². The van der Waals surface area contributed by atoms with E-state index in [-0.39, 0.29) is 24.0 Å². The Balaban J connectivity index is 0.902. The van der Waals surface area contributed by atoms with Crippen LogP contribution in [0, 0.1) is 0 Å². The molecule has 16 nitrogen and oxygen atoms in total. The van der Waals surface area contributed by atoms with Crippen LogP contribution >= 0.6 is 0 Å². The molecule has 0 saturated carbocycles. The zero-order valence-corrected chi connectivity index (χ0v) is 32.7. The number of benzene rings is 3. The van der Waals surface area contributed by atoms with E-state index in [2.05, 4.69) is 16.0 Å². The SMILES string of the molecule is COc1ccc(C=Cc2cc(OC)c(OC)c(OC)c2)cc1NCCOCCOCCOCCOCCNc1cccc2c1C(=O)N(C1CCC(=O)NC1=O)C2=O. The summed E-state index contributed by atoms with van der Waals surface area (Å²) in [4.78, 5) is 51.0. The first-order chi connectivity index (χ1) is 27.8. The summed E-state index contributed by atoms with van der Waals surface area (Å²) in [7, 11) is 6.37. The molecule has 306 valence electrons. The van der Waals surface area contributed by atoms with Crippen LogP contribution in [0.25, 0.3) is 12.2 Å². The predicted molar refractivity (Wildman–Crippen MR) is 211 cm³/mol. The van der Waals surface area contributed by atoms with E-state index in [1.165, 1.54) is 0 Å². The Bertz CT molecular complexity index is 1880. The molecule has 4 amide bonds. The topological polar surface area (TPSA) is 181 Å². The van der Waals surface area contributed by atoms with E-state index in [1.54, 1.807) is 46.6 Å². The molecule has 1 atom stereocenters. The second kappa shape index (κ2) is 21.6. The van der Waals surface area contributed by atoms with Crippen LogP contribution in [-0.2, 0) is 28.5 Å². The van der Waals surface area contributed by atoms with Crippen LogP contribution in [0.3, 0.4) is 0 Å². The number of ether oxygens (including phenoxy) is 8. The number of imide groups is 2. The monoisotopic (exact) mass is 790 g/mol. The lowest BCUT2D eigenvalue weighted by Crippen LogP contribution is -2.54. The van der Waals surface area contributed by atoms with Crippen molar-refractivity contribution in [2.75, 3.05) is 105 Å². The molecule has 0 bridgehead atoms. The normalized spacial score (nSPS) is 15.2. The number of hydrogen-bond donors (Lipinski definition) is 3. The maximum atomic E-state index is 13.2. The van der Waals surface area contributed by atoms with Gasteiger partial charge in [0.2, 0.25) is 17.6 Å². The van der Waals surface area contributed by atoms with Crippen LogP contribution in [0.2, 0.25) is 0 Å². The van der Waals surface area contributed by atoms with Crippen LogP contribution in [0.15, 0.2) is 48.5 Å². The molecule has 2 heterocycles. The lowest BCUT2D eigenvalue weighted by Gasteiger charge is -2.27. The van der Waals surface area contributed by atoms with Gasteiger partial charge in [-0.1, -0.05) is 24.3 Å². The van der Waals surface area contributed by atoms with Gasteiger partial charge in [0.1, 0.15) is 11.8 Å². The molecule has 2 aliphatic heterocycles. The summed E-state index contributed by atoms with van der Waals surface area (Å²) in [5.74, 6) is 0.244. The van der Waals surface area contributed by atoms with Crippen molar-refractivity contribution in [1.29, 1.82) is 0 Å². The van der Waals surface area contributed by atoms with Gasteiger partial charge in [-0.3, -0.25) is 29.4 Å². The van der Waals surface area contributed by atoms with E-state index >= 15 is 0 Å². The lowest BCUT2D eigenvalue weighted by atomic mass is 10.0. The number of rotatable bonds is 24. The van der Waals surface area contributed by atoms with E-state index < -0.39 is 29.7 Å². The van der Waals surface area contributed by atoms with Gasteiger partial charge >= 0.3 is 0 Å². The second-order valence-electron chi connectivity index (χ2n) is 12.7. The molecule has 0 aliphatic carbocycles. The highest BCUT2D eigenvalue weighted by Crippen LogP contribution is 2.39. The molecule has 5 rings (SSSR count). The van der Waals surface area contributed by atoms with Crippen LogP contribution in [0.4, 0.5) is 11.4 Å². The van der Waals surface area contributed by atoms with Gasteiger partial charge in [0.25, 0.3) is 11.8 Å². The predicted octanol–water partition coefficient (Wildman–Crippen LogP) is 3.88. The van der Waals surface area contributed by atoms with Gasteiger partial charge in [-0.05, 0) is 53.9 Å². The van der Waals surface area contributed by atoms with Gasteiger partial charge in [0.15, 0.2) is 11.5 Å². The van der Waals surface area contributed by atoms with Crippen molar-refractivity contribution in [2.45, 2.75) is 18.9 Å². The zero-order valence-electron chi connectivity index (χ0n) is 32.7. The minimum atomic E-state index is -1.02. The van der Waals surface area contributed by atoms with E-state index in [1.807, 2.05) is 42.5 Å². The largest absolute Gasteiger partial charge is 0.495 e. The van der Waals surface area contributed by atoms with Crippen LogP contribution in [0.1, 0.15) is 44.7 Å². The molecule has 2 aliphatic rings. The van der Waals surface area contributed by atoms with Gasteiger partial charge in [0.05, 0.1) is 98.1 Å². The number of methoxy groups -OCH3 is 4. The molecule has 1 saturated heterocycles. The van der Waals surface area contributed by atoms with Crippen molar-refractivity contribution in [3.8, 4) is 23.0 Å². The van der Waals surface area contributed by atoms with Gasteiger partial charge in [-0.25, -0.2) is 0 Å². The highest BCUT2D eigenvalue weighted by molar-refractivity contribution is 6.25. The molecule has 3 aromatic rings. The summed E-state index contributed by atoms with van der Waals surface area (Å²) in [5, 5.41) is 8.71. The fourth-order valence-corrected chi connectivity index (χ4v) is 6.30. The van der Waals surface area contributed by atoms with Crippen molar-refractivity contribution < 1.29 is 57.1 Å². The molecule has 0 radical (unpaired) electrons. The maximum Gasteiger partial charge on any atom is 0.264 e. The molecule has 3 aromatic carbocycles. The summed E-state index contributed by atoms with van der Waals surface area (Å²) in [5.41, 5.74) is 3.61. The number of fused-ring (bicyclic) bond motifs is 1. The number of hydrogen-bond acceptors (Lipinski definition) is 14. The van der Waals surface area contributed by atoms with Gasteiger partial charge < -0.3 is 48.5 Å². The Labute approximate surface area is 331 Å². The molecule has 1 unspecified atom stereocenters. The number of carbonyl (C=O) groups is 4. The smallest absolute Gasteiger partial charge is 0.264 e. The third-order valence-electron chi connectivity index (χ3n) is 9.09. The second-order valence-corrected chi connectivity index (χ2v) is 12.7. The number of piperidine rings is 1. The molecule has 1 fully saturated rings. The van der Waals surface area contributed by atoms with E-state index in [0.717, 1.165) is 27.5 Å². The number of nitrogens with one attached hydrogen (secondary N) is 3. The number of nitrogens with zero attached hydrogens (tertiary/aromatic N) is 1. The van der Waals surface area contributed by atoms with Crippen molar-refractivity contribution in [1.82, 2.24) is 10.2 Å². The highest BCUT2D eigenvalue weighted by Gasteiger charge is 2.45. The van der Waals surface area contributed by atoms with Crippen LogP contribution in [0.5, 0.6) is 23.0 Å². The zero-order chi connectivity index (χ0) is 40.6. The standard InChI is InChI=1S/C41H50N4O12/c1-50-33-12-10-27(8-9-28-25-34(51-2)38(53-4)35(26-28)52-3)24-31(33)43-15-17-55-19-21-57-23-22-56-20-18-54-16-14-42-30-7-5-6-29-37(30)41(49)45(40(29)48)32-11-13-36(46)44-39(32)47/h5-10,12,24-26,32,42-43H,11,13-23H2,1-4H3,(H,44,46,47). The van der Waals surface area contributed by atoms with Gasteiger partial charge in [0, 0.05) is 25.2 Å². The minimum absolute atomic E-state index is 0.0625. The number of amides is 4. The Morgan fingerprint density at radius 3 is 1.81 bits per heavy atom. The molecule has 0 spiro atoms. The molecule has 0 aromatic heterocycles. The third-order valence-corrected chi connectivity index (χ3v) is 9.09. The fraction of sp³-hybridized carbons (Fsp3) is 0.415. The molecule has 16 heteroatoms. The number of anilines is 2. The Hall–Kier alpha value is -5.68. The Morgan fingerprint density at radius 1 is 0.649 bits per heavy atom. The maximum absolute atomic E-state index is 13.2.